The summed E-state index contributed by atoms with van der Waals surface area (Å²) in [5, 5.41) is 5.55. The Kier molecular flexibility index (Phi) is 5.68. The van der Waals surface area contributed by atoms with Crippen molar-refractivity contribution in [3.05, 3.63) is 89.5 Å². The highest BCUT2D eigenvalue weighted by atomic mass is 35.5. The number of fused-ring (bicyclic) bond motifs is 2. The fourth-order valence-corrected chi connectivity index (χ4v) is 3.61. The number of benzene rings is 2. The lowest BCUT2D eigenvalue weighted by Gasteiger charge is -2.13. The molecular weight excluding hydrogens is 436 g/mol. The Morgan fingerprint density at radius 1 is 1.19 bits per heavy atom. The van der Waals surface area contributed by atoms with E-state index in [4.69, 9.17) is 16.3 Å². The first-order chi connectivity index (χ1) is 15.3. The van der Waals surface area contributed by atoms with Gasteiger partial charge in [-0.3, -0.25) is 24.3 Å². The standard InChI is InChI=1S/C22H19ClN4O5/c1-11(32-2)24-20(29)13-5-3-4-12(8-13)10-27-22(31)17-18(21(30)26-27)25-16-9-14(23)6-7-15(16)19(17)28/h3-9,11H,10H2,1-2H3,(H,24,29)(H,25,28)(H,26,30). The molecule has 0 saturated heterocycles. The zero-order valence-electron chi connectivity index (χ0n) is 17.2. The van der Waals surface area contributed by atoms with E-state index in [9.17, 15) is 19.2 Å². The molecule has 4 aromatic rings. The minimum absolute atomic E-state index is 0.0386. The van der Waals surface area contributed by atoms with Gasteiger partial charge in [-0.15, -0.1) is 0 Å². The van der Waals surface area contributed by atoms with Gasteiger partial charge in [0.15, 0.2) is 0 Å². The molecule has 0 bridgehead atoms. The second-order valence-corrected chi connectivity index (χ2v) is 7.71. The summed E-state index contributed by atoms with van der Waals surface area (Å²) in [6.45, 7) is 1.65. The normalized spacial score (nSPS) is 12.2. The maximum Gasteiger partial charge on any atom is 0.287 e. The number of carbonyl (C=O) groups excluding carboxylic acids is 1. The molecule has 2 aromatic heterocycles. The summed E-state index contributed by atoms with van der Waals surface area (Å²) in [5.41, 5.74) is -0.639. The smallest absolute Gasteiger partial charge is 0.287 e. The summed E-state index contributed by atoms with van der Waals surface area (Å²) in [5.74, 6) is -0.345. The van der Waals surface area contributed by atoms with Gasteiger partial charge in [0, 0.05) is 23.1 Å². The minimum atomic E-state index is -0.652. The summed E-state index contributed by atoms with van der Waals surface area (Å²) in [6, 6.07) is 11.1. The Morgan fingerprint density at radius 3 is 2.72 bits per heavy atom. The van der Waals surface area contributed by atoms with E-state index in [0.29, 0.717) is 21.7 Å². The summed E-state index contributed by atoms with van der Waals surface area (Å²) >= 11 is 5.97. The summed E-state index contributed by atoms with van der Waals surface area (Å²) in [6.07, 6.45) is -0.470. The van der Waals surface area contributed by atoms with Gasteiger partial charge < -0.3 is 15.0 Å². The first-order valence-electron chi connectivity index (χ1n) is 9.69. The van der Waals surface area contributed by atoms with Gasteiger partial charge in [-0.25, -0.2) is 4.68 Å². The number of aromatic nitrogens is 3. The maximum absolute atomic E-state index is 13.1. The first-order valence-corrected chi connectivity index (χ1v) is 10.1. The minimum Gasteiger partial charge on any atom is -0.362 e. The number of methoxy groups -OCH3 is 1. The second-order valence-electron chi connectivity index (χ2n) is 7.28. The van der Waals surface area contributed by atoms with Crippen molar-refractivity contribution in [2.24, 2.45) is 0 Å². The van der Waals surface area contributed by atoms with Crippen LogP contribution >= 0.6 is 11.6 Å². The van der Waals surface area contributed by atoms with Crippen LogP contribution in [0.15, 0.2) is 56.8 Å². The predicted octanol–water partition coefficient (Wildman–Crippen LogP) is 1.96. The van der Waals surface area contributed by atoms with E-state index >= 15 is 0 Å². The fraction of sp³-hybridized carbons (Fsp3) is 0.182. The Balaban J connectivity index is 1.79. The summed E-state index contributed by atoms with van der Waals surface area (Å²) < 4.78 is 6.08. The van der Waals surface area contributed by atoms with Crippen molar-refractivity contribution in [1.82, 2.24) is 20.1 Å². The van der Waals surface area contributed by atoms with Crippen LogP contribution in [0.5, 0.6) is 0 Å². The molecule has 1 unspecified atom stereocenters. The quantitative estimate of drug-likeness (QED) is 0.314. The van der Waals surface area contributed by atoms with Crippen molar-refractivity contribution < 1.29 is 9.53 Å². The molecule has 9 nitrogen and oxygen atoms in total. The van der Waals surface area contributed by atoms with E-state index in [1.807, 2.05) is 0 Å². The number of pyridine rings is 1. The number of nitrogens with zero attached hydrogens (tertiary/aromatic N) is 1. The average molecular weight is 455 g/mol. The number of halogens is 1. The maximum atomic E-state index is 13.1. The molecule has 0 spiro atoms. The number of carbonyl (C=O) groups is 1. The highest BCUT2D eigenvalue weighted by Crippen LogP contribution is 2.16. The molecule has 2 aromatic carbocycles. The number of aromatic amines is 2. The second kappa shape index (κ2) is 8.45. The Bertz CT molecular complexity index is 1540. The average Bonchev–Trinajstić information content (AvgIpc) is 2.77. The van der Waals surface area contributed by atoms with Crippen molar-refractivity contribution in [2.75, 3.05) is 7.11 Å². The zero-order chi connectivity index (χ0) is 23.0. The SMILES string of the molecule is COC(C)NC(=O)c1cccc(Cn2[nH]c(=O)c3[nH]c4cc(Cl)ccc4c(=O)c3c2=O)c1. The van der Waals surface area contributed by atoms with Crippen molar-refractivity contribution in [2.45, 2.75) is 19.7 Å². The van der Waals surface area contributed by atoms with Crippen molar-refractivity contribution >= 4 is 39.3 Å². The third-order valence-corrected chi connectivity index (χ3v) is 5.34. The van der Waals surface area contributed by atoms with Crippen LogP contribution in [0.1, 0.15) is 22.8 Å². The molecule has 164 valence electrons. The van der Waals surface area contributed by atoms with Crippen LogP contribution in [0.3, 0.4) is 0 Å². The summed E-state index contributed by atoms with van der Waals surface area (Å²) in [7, 11) is 1.48. The highest BCUT2D eigenvalue weighted by Gasteiger charge is 2.16. The lowest BCUT2D eigenvalue weighted by molar-refractivity contribution is 0.0658. The molecule has 2 heterocycles. The van der Waals surface area contributed by atoms with Crippen molar-refractivity contribution in [3.63, 3.8) is 0 Å². The number of ether oxygens (including phenoxy) is 1. The fourth-order valence-electron chi connectivity index (χ4n) is 3.43. The largest absolute Gasteiger partial charge is 0.362 e. The molecule has 10 heteroatoms. The number of amides is 1. The van der Waals surface area contributed by atoms with Gasteiger partial charge in [0.1, 0.15) is 17.1 Å². The van der Waals surface area contributed by atoms with E-state index in [-0.39, 0.29) is 28.7 Å². The van der Waals surface area contributed by atoms with Crippen LogP contribution in [0.25, 0.3) is 21.8 Å². The van der Waals surface area contributed by atoms with Crippen LogP contribution in [0.2, 0.25) is 5.02 Å². The molecule has 0 saturated carbocycles. The lowest BCUT2D eigenvalue weighted by Crippen LogP contribution is -2.34. The van der Waals surface area contributed by atoms with Crippen molar-refractivity contribution in [1.29, 1.82) is 0 Å². The number of H-pyrrole nitrogens is 2. The van der Waals surface area contributed by atoms with Crippen LogP contribution in [-0.2, 0) is 11.3 Å². The van der Waals surface area contributed by atoms with E-state index < -0.39 is 22.8 Å². The van der Waals surface area contributed by atoms with Crippen molar-refractivity contribution in [3.8, 4) is 0 Å². The topological polar surface area (TPSA) is 126 Å². The van der Waals surface area contributed by atoms with Gasteiger partial charge >= 0.3 is 0 Å². The molecule has 1 atom stereocenters. The molecule has 4 rings (SSSR count). The van der Waals surface area contributed by atoms with Crippen LogP contribution in [0, 0.1) is 0 Å². The van der Waals surface area contributed by atoms with Gasteiger partial charge in [0.25, 0.3) is 17.0 Å². The number of rotatable bonds is 5. The Labute approximate surface area is 185 Å². The van der Waals surface area contributed by atoms with E-state index in [0.717, 1.165) is 4.68 Å². The molecule has 0 fully saturated rings. The zero-order valence-corrected chi connectivity index (χ0v) is 17.9. The monoisotopic (exact) mass is 454 g/mol. The Morgan fingerprint density at radius 2 is 1.97 bits per heavy atom. The molecule has 0 radical (unpaired) electrons. The van der Waals surface area contributed by atoms with Gasteiger partial charge in [-0.1, -0.05) is 23.7 Å². The molecule has 1 amide bonds. The van der Waals surface area contributed by atoms with E-state index in [1.165, 1.54) is 25.3 Å². The van der Waals surface area contributed by atoms with Crippen LogP contribution in [-0.4, -0.2) is 34.0 Å². The van der Waals surface area contributed by atoms with Crippen LogP contribution < -0.4 is 21.9 Å². The van der Waals surface area contributed by atoms with Gasteiger partial charge in [0.2, 0.25) is 5.43 Å². The lowest BCUT2D eigenvalue weighted by atomic mass is 10.1. The van der Waals surface area contributed by atoms with Crippen LogP contribution in [0.4, 0.5) is 0 Å². The molecule has 0 aliphatic carbocycles. The molecule has 32 heavy (non-hydrogen) atoms. The van der Waals surface area contributed by atoms with E-state index in [2.05, 4.69) is 15.4 Å². The molecule has 0 aliphatic heterocycles. The number of hydrogen-bond donors (Lipinski definition) is 3. The summed E-state index contributed by atoms with van der Waals surface area (Å²) in [4.78, 5) is 53.9. The Hall–Kier alpha value is -3.69. The molecule has 3 N–H and O–H groups in total. The molecule has 0 aliphatic rings. The van der Waals surface area contributed by atoms with Gasteiger partial charge in [0.05, 0.1) is 12.1 Å². The third-order valence-electron chi connectivity index (χ3n) is 5.10. The highest BCUT2D eigenvalue weighted by molar-refractivity contribution is 6.31. The number of hydrogen-bond acceptors (Lipinski definition) is 5. The van der Waals surface area contributed by atoms with E-state index in [1.54, 1.807) is 31.2 Å². The van der Waals surface area contributed by atoms with Gasteiger partial charge in [-0.05, 0) is 42.8 Å². The van der Waals surface area contributed by atoms with Gasteiger partial charge in [-0.2, -0.15) is 0 Å². The number of nitrogens with one attached hydrogen (secondary N) is 3. The predicted molar refractivity (Wildman–Crippen MR) is 121 cm³/mol. The third kappa shape index (κ3) is 3.95. The first kappa shape index (κ1) is 21.5. The molecular formula is C22H19ClN4O5.